The number of benzene rings is 2. The topological polar surface area (TPSA) is 17.3 Å². The van der Waals surface area contributed by atoms with Crippen molar-refractivity contribution in [1.82, 2.24) is 9.38 Å². The van der Waals surface area contributed by atoms with Crippen molar-refractivity contribution in [1.29, 1.82) is 0 Å². The Balaban J connectivity index is 1.81. The van der Waals surface area contributed by atoms with E-state index in [-0.39, 0.29) is 0 Å². The summed E-state index contributed by atoms with van der Waals surface area (Å²) in [4.78, 5) is 5.07. The van der Waals surface area contributed by atoms with Gasteiger partial charge in [0.05, 0.1) is 15.7 Å². The maximum atomic E-state index is 5.07. The average Bonchev–Trinajstić information content (AvgIpc) is 3.27. The molecule has 0 bridgehead atoms. The molecular formula is C23H20N2S. The van der Waals surface area contributed by atoms with Gasteiger partial charge in [0.2, 0.25) is 0 Å². The summed E-state index contributed by atoms with van der Waals surface area (Å²) in [6.07, 6.45) is 6.68. The highest BCUT2D eigenvalue weighted by Gasteiger charge is 2.22. The van der Waals surface area contributed by atoms with Crippen molar-refractivity contribution in [3.05, 3.63) is 60.3 Å². The highest BCUT2D eigenvalue weighted by atomic mass is 32.1. The van der Waals surface area contributed by atoms with Crippen molar-refractivity contribution in [2.45, 2.75) is 38.0 Å². The second-order valence-electron chi connectivity index (χ2n) is 7.50. The SMILES string of the molecule is c1ccc2c(c1)nc1c3sc4ccccc4c3cc(C3CCCCC3)n21. The lowest BCUT2D eigenvalue weighted by atomic mass is 9.86. The van der Waals surface area contributed by atoms with E-state index < -0.39 is 0 Å². The number of pyridine rings is 1. The molecule has 6 rings (SSSR count). The van der Waals surface area contributed by atoms with Crippen LogP contribution in [0.25, 0.3) is 36.9 Å². The summed E-state index contributed by atoms with van der Waals surface area (Å²) in [5, 5.41) is 2.76. The van der Waals surface area contributed by atoms with Crippen molar-refractivity contribution in [2.75, 3.05) is 0 Å². The minimum Gasteiger partial charge on any atom is -0.295 e. The highest BCUT2D eigenvalue weighted by Crippen LogP contribution is 2.41. The van der Waals surface area contributed by atoms with E-state index in [1.807, 2.05) is 11.3 Å². The van der Waals surface area contributed by atoms with Crippen LogP contribution in [0.15, 0.2) is 54.6 Å². The fourth-order valence-corrected chi connectivity index (χ4v) is 5.89. The van der Waals surface area contributed by atoms with Gasteiger partial charge in [0, 0.05) is 21.2 Å². The van der Waals surface area contributed by atoms with Crippen molar-refractivity contribution in [3.63, 3.8) is 0 Å². The summed E-state index contributed by atoms with van der Waals surface area (Å²) in [7, 11) is 0. The number of rotatable bonds is 1. The second-order valence-corrected chi connectivity index (χ2v) is 8.56. The smallest absolute Gasteiger partial charge is 0.156 e. The maximum absolute atomic E-state index is 5.07. The molecule has 0 saturated heterocycles. The van der Waals surface area contributed by atoms with Gasteiger partial charge in [0.15, 0.2) is 5.65 Å². The van der Waals surface area contributed by atoms with Crippen molar-refractivity contribution in [2.24, 2.45) is 0 Å². The lowest BCUT2D eigenvalue weighted by Gasteiger charge is -2.23. The third-order valence-electron chi connectivity index (χ3n) is 5.97. The van der Waals surface area contributed by atoms with Gasteiger partial charge in [-0.15, -0.1) is 11.3 Å². The van der Waals surface area contributed by atoms with E-state index in [9.17, 15) is 0 Å². The van der Waals surface area contributed by atoms with E-state index in [2.05, 4.69) is 59.0 Å². The van der Waals surface area contributed by atoms with Gasteiger partial charge in [-0.1, -0.05) is 49.6 Å². The Hall–Kier alpha value is -2.39. The summed E-state index contributed by atoms with van der Waals surface area (Å²) in [6.45, 7) is 0. The van der Waals surface area contributed by atoms with Crippen molar-refractivity contribution in [3.8, 4) is 0 Å². The molecule has 2 aromatic carbocycles. The van der Waals surface area contributed by atoms with Gasteiger partial charge in [0.1, 0.15) is 0 Å². The largest absolute Gasteiger partial charge is 0.295 e. The fraction of sp³-hybridized carbons (Fsp3) is 0.261. The van der Waals surface area contributed by atoms with Crippen LogP contribution in [0.2, 0.25) is 0 Å². The summed E-state index contributed by atoms with van der Waals surface area (Å²) in [5.41, 5.74) is 4.96. The number of para-hydroxylation sites is 2. The van der Waals surface area contributed by atoms with Crippen LogP contribution >= 0.6 is 11.3 Å². The number of hydrogen-bond acceptors (Lipinski definition) is 2. The van der Waals surface area contributed by atoms with E-state index in [0.29, 0.717) is 5.92 Å². The van der Waals surface area contributed by atoms with Crippen LogP contribution in [0.1, 0.15) is 43.7 Å². The van der Waals surface area contributed by atoms with Crippen LogP contribution in [0.3, 0.4) is 0 Å². The molecule has 1 fully saturated rings. The van der Waals surface area contributed by atoms with Crippen LogP contribution < -0.4 is 0 Å². The number of hydrogen-bond donors (Lipinski definition) is 0. The van der Waals surface area contributed by atoms with Crippen LogP contribution in [0.5, 0.6) is 0 Å². The third-order valence-corrected chi connectivity index (χ3v) is 7.15. The summed E-state index contributed by atoms with van der Waals surface area (Å²) in [5.74, 6) is 0.645. The zero-order valence-electron chi connectivity index (χ0n) is 14.6. The fourth-order valence-electron chi connectivity index (χ4n) is 4.73. The molecule has 0 radical (unpaired) electrons. The number of aromatic nitrogens is 2. The first kappa shape index (κ1) is 14.7. The minimum atomic E-state index is 0.645. The third kappa shape index (κ3) is 2.01. The predicted octanol–water partition coefficient (Wildman–Crippen LogP) is 6.90. The van der Waals surface area contributed by atoms with E-state index in [1.165, 1.54) is 63.5 Å². The van der Waals surface area contributed by atoms with E-state index in [1.54, 1.807) is 0 Å². The van der Waals surface area contributed by atoms with Crippen LogP contribution in [-0.4, -0.2) is 9.38 Å². The first-order chi connectivity index (χ1) is 12.9. The molecule has 0 amide bonds. The van der Waals surface area contributed by atoms with Crippen LogP contribution in [-0.2, 0) is 0 Å². The molecule has 5 aromatic rings. The van der Waals surface area contributed by atoms with Gasteiger partial charge >= 0.3 is 0 Å². The lowest BCUT2D eigenvalue weighted by molar-refractivity contribution is 0.435. The van der Waals surface area contributed by atoms with Crippen LogP contribution in [0.4, 0.5) is 0 Å². The van der Waals surface area contributed by atoms with Crippen molar-refractivity contribution >= 4 is 48.2 Å². The summed E-state index contributed by atoms with van der Waals surface area (Å²) >= 11 is 1.88. The summed E-state index contributed by atoms with van der Waals surface area (Å²) in [6, 6.07) is 19.9. The minimum absolute atomic E-state index is 0.645. The Bertz CT molecular complexity index is 1270. The van der Waals surface area contributed by atoms with Gasteiger partial charge in [-0.3, -0.25) is 4.40 Å². The average molecular weight is 356 g/mol. The number of nitrogens with zero attached hydrogens (tertiary/aromatic N) is 2. The van der Waals surface area contributed by atoms with Gasteiger partial charge in [0.25, 0.3) is 0 Å². The predicted molar refractivity (Wildman–Crippen MR) is 111 cm³/mol. The molecule has 1 aliphatic carbocycles. The molecule has 2 nitrogen and oxygen atoms in total. The van der Waals surface area contributed by atoms with Crippen LogP contribution in [0, 0.1) is 0 Å². The van der Waals surface area contributed by atoms with Gasteiger partial charge in [-0.2, -0.15) is 0 Å². The zero-order chi connectivity index (χ0) is 17.1. The van der Waals surface area contributed by atoms with Gasteiger partial charge in [-0.05, 0) is 43.0 Å². The zero-order valence-corrected chi connectivity index (χ0v) is 15.4. The van der Waals surface area contributed by atoms with E-state index in [0.717, 1.165) is 11.2 Å². The molecule has 0 N–H and O–H groups in total. The Labute approximate surface area is 156 Å². The Morgan fingerprint density at radius 3 is 2.62 bits per heavy atom. The lowest BCUT2D eigenvalue weighted by Crippen LogP contribution is -2.09. The Kier molecular flexibility index (Phi) is 3.15. The summed E-state index contributed by atoms with van der Waals surface area (Å²) < 4.78 is 5.14. The molecule has 3 heteroatoms. The van der Waals surface area contributed by atoms with Crippen molar-refractivity contribution < 1.29 is 0 Å². The first-order valence-corrected chi connectivity index (χ1v) is 10.4. The highest BCUT2D eigenvalue weighted by molar-refractivity contribution is 7.26. The molecule has 26 heavy (non-hydrogen) atoms. The quantitative estimate of drug-likeness (QED) is 0.319. The molecule has 0 aliphatic heterocycles. The molecule has 0 atom stereocenters. The Morgan fingerprint density at radius 2 is 1.69 bits per heavy atom. The standard InChI is InChI=1S/C23H20N2S/c1-2-8-15(9-3-1)20-14-17-16-10-4-7-13-21(16)26-22(17)23-24-18-11-5-6-12-19(18)25(20)23/h4-7,10-15H,1-3,8-9H2. The van der Waals surface area contributed by atoms with Gasteiger partial charge in [-0.25, -0.2) is 4.98 Å². The molecular weight excluding hydrogens is 336 g/mol. The molecule has 1 saturated carbocycles. The molecule has 0 unspecified atom stereocenters. The number of thiophene rings is 1. The molecule has 1 aliphatic rings. The first-order valence-electron chi connectivity index (χ1n) is 9.61. The molecule has 128 valence electrons. The van der Waals surface area contributed by atoms with E-state index >= 15 is 0 Å². The maximum Gasteiger partial charge on any atom is 0.156 e. The van der Waals surface area contributed by atoms with Gasteiger partial charge < -0.3 is 0 Å². The molecule has 3 aromatic heterocycles. The Morgan fingerprint density at radius 1 is 0.885 bits per heavy atom. The molecule has 0 spiro atoms. The monoisotopic (exact) mass is 356 g/mol. The van der Waals surface area contributed by atoms with E-state index in [4.69, 9.17) is 4.98 Å². The normalized spacial score (nSPS) is 16.3. The second kappa shape index (κ2) is 5.55. The molecule has 3 heterocycles. The number of fused-ring (bicyclic) bond motifs is 7. The number of imidazole rings is 1.